The molecule has 3 rings (SSSR count). The molecule has 0 aliphatic heterocycles. The van der Waals surface area contributed by atoms with E-state index >= 15 is 0 Å². The maximum Gasteiger partial charge on any atom is 0.234 e. The van der Waals surface area contributed by atoms with E-state index in [0.717, 1.165) is 23.6 Å². The number of anilines is 1. The van der Waals surface area contributed by atoms with Crippen LogP contribution in [0.3, 0.4) is 0 Å². The summed E-state index contributed by atoms with van der Waals surface area (Å²) in [6, 6.07) is 9.58. The second kappa shape index (κ2) is 8.70. The Morgan fingerprint density at radius 1 is 1.17 bits per heavy atom. The van der Waals surface area contributed by atoms with E-state index < -0.39 is 9.84 Å². The van der Waals surface area contributed by atoms with Crippen molar-refractivity contribution in [2.75, 3.05) is 17.3 Å². The zero-order chi connectivity index (χ0) is 21.2. The molecule has 8 nitrogen and oxygen atoms in total. The number of nitrogens with zero attached hydrogens (tertiary/aromatic N) is 4. The third-order valence-corrected chi connectivity index (χ3v) is 6.39. The number of aryl methyl sites for hydroxylation is 1. The van der Waals surface area contributed by atoms with E-state index in [-0.39, 0.29) is 21.6 Å². The molecule has 1 aromatic heterocycles. The highest BCUT2D eigenvalue weighted by atomic mass is 35.5. The smallest absolute Gasteiger partial charge is 0.234 e. The van der Waals surface area contributed by atoms with Gasteiger partial charge in [0.15, 0.2) is 9.84 Å². The Hall–Kier alpha value is -2.14. The molecule has 0 atom stereocenters. The molecule has 0 aliphatic carbocycles. The summed E-state index contributed by atoms with van der Waals surface area (Å²) in [6.07, 6.45) is 1.08. The highest BCUT2D eigenvalue weighted by molar-refractivity contribution is 7.99. The monoisotopic (exact) mass is 471 g/mol. The average molecular weight is 472 g/mol. The number of thioether (sulfide) groups is 1. The summed E-state index contributed by atoms with van der Waals surface area (Å²) in [4.78, 5) is 12.4. The molecule has 1 N–H and O–H groups in total. The first-order valence-electron chi connectivity index (χ1n) is 8.12. The minimum absolute atomic E-state index is 0.00795. The molecule has 0 spiro atoms. The van der Waals surface area contributed by atoms with Gasteiger partial charge in [-0.1, -0.05) is 41.0 Å². The van der Waals surface area contributed by atoms with Crippen molar-refractivity contribution in [2.45, 2.75) is 17.0 Å². The Morgan fingerprint density at radius 2 is 1.93 bits per heavy atom. The Bertz CT molecular complexity index is 1180. The van der Waals surface area contributed by atoms with Crippen molar-refractivity contribution >= 4 is 56.4 Å². The van der Waals surface area contributed by atoms with Crippen molar-refractivity contribution in [3.63, 3.8) is 0 Å². The van der Waals surface area contributed by atoms with E-state index in [9.17, 15) is 13.2 Å². The molecule has 0 unspecified atom stereocenters. The lowest BCUT2D eigenvalue weighted by Crippen LogP contribution is -2.15. The van der Waals surface area contributed by atoms with Crippen LogP contribution < -0.4 is 5.32 Å². The quantitative estimate of drug-likeness (QED) is 0.548. The number of sulfone groups is 1. The molecule has 2 aromatic carbocycles. The lowest BCUT2D eigenvalue weighted by molar-refractivity contribution is -0.113. The molecule has 0 fully saturated rings. The van der Waals surface area contributed by atoms with Gasteiger partial charge < -0.3 is 5.32 Å². The van der Waals surface area contributed by atoms with Crippen LogP contribution in [0.4, 0.5) is 5.69 Å². The van der Waals surface area contributed by atoms with Crippen LogP contribution >= 0.6 is 35.0 Å². The number of tetrazole rings is 1. The fourth-order valence-corrected chi connectivity index (χ4v) is 4.29. The van der Waals surface area contributed by atoms with Gasteiger partial charge in [-0.15, -0.1) is 5.10 Å². The van der Waals surface area contributed by atoms with Crippen LogP contribution in [-0.4, -0.2) is 46.5 Å². The van der Waals surface area contributed by atoms with Gasteiger partial charge in [0.05, 0.1) is 32.1 Å². The summed E-state index contributed by atoms with van der Waals surface area (Å²) >= 11 is 13.5. The van der Waals surface area contributed by atoms with Crippen LogP contribution in [0, 0.1) is 6.92 Å². The molecule has 152 valence electrons. The molecule has 0 aliphatic rings. The molecule has 0 saturated heterocycles. The van der Waals surface area contributed by atoms with Crippen LogP contribution in [0.25, 0.3) is 5.69 Å². The van der Waals surface area contributed by atoms with E-state index in [2.05, 4.69) is 20.8 Å². The summed E-state index contributed by atoms with van der Waals surface area (Å²) < 4.78 is 24.6. The van der Waals surface area contributed by atoms with Crippen LogP contribution in [0.1, 0.15) is 5.56 Å². The molecule has 1 amide bonds. The molecule has 1 heterocycles. The molecule has 0 bridgehead atoms. The van der Waals surface area contributed by atoms with Crippen molar-refractivity contribution in [1.82, 2.24) is 20.2 Å². The number of benzene rings is 2. The number of carbonyl (C=O) groups is 1. The van der Waals surface area contributed by atoms with Crippen molar-refractivity contribution in [3.05, 3.63) is 52.0 Å². The highest BCUT2D eigenvalue weighted by Crippen LogP contribution is 2.27. The maximum absolute atomic E-state index is 12.3. The highest BCUT2D eigenvalue weighted by Gasteiger charge is 2.15. The van der Waals surface area contributed by atoms with Gasteiger partial charge in [-0.05, 0) is 53.2 Å². The first-order valence-corrected chi connectivity index (χ1v) is 11.8. The molecular weight excluding hydrogens is 457 g/mol. The van der Waals surface area contributed by atoms with E-state index in [1.54, 1.807) is 12.1 Å². The van der Waals surface area contributed by atoms with E-state index in [4.69, 9.17) is 23.2 Å². The number of hydrogen-bond acceptors (Lipinski definition) is 7. The minimum atomic E-state index is -3.38. The number of aromatic nitrogens is 4. The molecular formula is C17H15Cl2N5O3S2. The number of rotatable bonds is 6. The summed E-state index contributed by atoms with van der Waals surface area (Å²) in [6.45, 7) is 1.92. The van der Waals surface area contributed by atoms with E-state index in [0.29, 0.717) is 21.6 Å². The van der Waals surface area contributed by atoms with Crippen LogP contribution in [0.5, 0.6) is 0 Å². The van der Waals surface area contributed by atoms with Crippen molar-refractivity contribution < 1.29 is 13.2 Å². The topological polar surface area (TPSA) is 107 Å². The largest absolute Gasteiger partial charge is 0.324 e. The van der Waals surface area contributed by atoms with Crippen molar-refractivity contribution in [2.24, 2.45) is 0 Å². The lowest BCUT2D eigenvalue weighted by atomic mass is 10.2. The predicted octanol–water partition coefficient (Wildman–Crippen LogP) is 3.41. The van der Waals surface area contributed by atoms with Gasteiger partial charge in [-0.3, -0.25) is 4.79 Å². The summed E-state index contributed by atoms with van der Waals surface area (Å²) in [7, 11) is -3.38. The lowest BCUT2D eigenvalue weighted by Gasteiger charge is -2.09. The first-order chi connectivity index (χ1) is 13.6. The third-order valence-electron chi connectivity index (χ3n) is 3.75. The standard InChI is InChI=1S/C17H15Cl2N5O3S2/c1-10-3-6-15(13(19)7-10)24-17(21-22-23-24)28-9-16(25)20-14-5-4-11(8-12(14)18)29(2,26)27/h3-8H,9H2,1-2H3,(H,20,25). The number of nitrogens with one attached hydrogen (secondary N) is 1. The fourth-order valence-electron chi connectivity index (χ4n) is 2.35. The summed E-state index contributed by atoms with van der Waals surface area (Å²) in [5.74, 6) is -0.345. The van der Waals surface area contributed by atoms with Gasteiger partial charge in [0.2, 0.25) is 11.1 Å². The molecule has 29 heavy (non-hydrogen) atoms. The zero-order valence-electron chi connectivity index (χ0n) is 15.3. The Balaban J connectivity index is 1.69. The van der Waals surface area contributed by atoms with Gasteiger partial charge in [-0.2, -0.15) is 4.68 Å². The van der Waals surface area contributed by atoms with Crippen LogP contribution in [0.15, 0.2) is 46.5 Å². The van der Waals surface area contributed by atoms with Crippen molar-refractivity contribution in [3.8, 4) is 5.69 Å². The summed E-state index contributed by atoms with van der Waals surface area (Å²) in [5.41, 5.74) is 1.91. The average Bonchev–Trinajstić information content (AvgIpc) is 3.09. The molecule has 12 heteroatoms. The third kappa shape index (κ3) is 5.27. The van der Waals surface area contributed by atoms with E-state index in [1.165, 1.54) is 22.9 Å². The molecule has 3 aromatic rings. The number of hydrogen-bond donors (Lipinski definition) is 1. The Morgan fingerprint density at radius 3 is 2.59 bits per heavy atom. The van der Waals surface area contributed by atoms with Crippen molar-refractivity contribution in [1.29, 1.82) is 0 Å². The van der Waals surface area contributed by atoms with Gasteiger partial charge >= 0.3 is 0 Å². The predicted molar refractivity (Wildman–Crippen MR) is 113 cm³/mol. The van der Waals surface area contributed by atoms with Gasteiger partial charge in [0.1, 0.15) is 0 Å². The van der Waals surface area contributed by atoms with Crippen LogP contribution in [-0.2, 0) is 14.6 Å². The second-order valence-corrected chi connectivity index (χ2v) is 9.85. The number of halogens is 2. The normalized spacial score (nSPS) is 11.4. The van der Waals surface area contributed by atoms with Gasteiger partial charge in [-0.25, -0.2) is 8.42 Å². The molecule has 0 saturated carbocycles. The zero-order valence-corrected chi connectivity index (χ0v) is 18.4. The Labute approximate surface area is 181 Å². The van der Waals surface area contributed by atoms with E-state index in [1.807, 2.05) is 13.0 Å². The summed E-state index contributed by atoms with van der Waals surface area (Å²) in [5, 5.41) is 15.1. The fraction of sp³-hybridized carbons (Fsp3) is 0.176. The van der Waals surface area contributed by atoms with Gasteiger partial charge in [0.25, 0.3) is 0 Å². The number of amides is 1. The minimum Gasteiger partial charge on any atom is -0.324 e. The Kier molecular flexibility index (Phi) is 6.47. The van der Waals surface area contributed by atoms with Gasteiger partial charge in [0, 0.05) is 6.26 Å². The maximum atomic E-state index is 12.3. The molecule has 0 radical (unpaired) electrons. The van der Waals surface area contributed by atoms with Crippen LogP contribution in [0.2, 0.25) is 10.0 Å². The second-order valence-electron chi connectivity index (χ2n) is 6.08. The number of carbonyl (C=O) groups excluding carboxylic acids is 1. The first kappa shape index (κ1) is 21.6. The SMILES string of the molecule is Cc1ccc(-n2nnnc2SCC(=O)Nc2ccc(S(C)(=O)=O)cc2Cl)c(Cl)c1.